The normalized spacial score (nSPS) is 14.1. The number of halogens is 3. The van der Waals surface area contributed by atoms with E-state index in [1.54, 1.807) is 55.5 Å². The number of benzene rings is 3. The van der Waals surface area contributed by atoms with Gasteiger partial charge in [0.05, 0.1) is 5.56 Å². The van der Waals surface area contributed by atoms with Crippen molar-refractivity contribution < 1.29 is 18.7 Å². The monoisotopic (exact) mass is 428 g/mol. The van der Waals surface area contributed by atoms with Gasteiger partial charge in [-0.15, -0.1) is 0 Å². The number of fused-ring (bicyclic) bond motifs is 1. The van der Waals surface area contributed by atoms with Crippen molar-refractivity contribution in [1.82, 2.24) is 0 Å². The molecule has 3 aromatic rings. The number of Topliss-reactive ketones (excluding diaryl/α,β-unsaturated/α-hetero) is 1. The Labute approximate surface area is 177 Å². The van der Waals surface area contributed by atoms with Crippen LogP contribution in [0.5, 0.6) is 11.5 Å². The Morgan fingerprint density at radius 3 is 2.48 bits per heavy atom. The van der Waals surface area contributed by atoms with Crippen molar-refractivity contribution in [3.8, 4) is 11.5 Å². The lowest BCUT2D eigenvalue weighted by atomic mass is 10.1. The molecule has 0 unspecified atom stereocenters. The van der Waals surface area contributed by atoms with Crippen LogP contribution in [0.1, 0.15) is 27.0 Å². The summed E-state index contributed by atoms with van der Waals surface area (Å²) >= 11 is 12.4. The lowest BCUT2D eigenvalue weighted by molar-refractivity contribution is 0.101. The fraction of sp³-hybridized carbons (Fsp3) is 0.0870. The summed E-state index contributed by atoms with van der Waals surface area (Å²) in [6, 6.07) is 14.8. The Morgan fingerprint density at radius 2 is 1.76 bits per heavy atom. The molecule has 6 heteroatoms. The van der Waals surface area contributed by atoms with Crippen molar-refractivity contribution in [2.45, 2.75) is 13.5 Å². The largest absolute Gasteiger partial charge is 0.488 e. The van der Waals surface area contributed by atoms with Crippen molar-refractivity contribution in [1.29, 1.82) is 0 Å². The number of allylic oxidation sites excluding steroid dienone is 1. The van der Waals surface area contributed by atoms with Crippen LogP contribution in [-0.2, 0) is 6.61 Å². The summed E-state index contributed by atoms with van der Waals surface area (Å²) in [6.07, 6.45) is 1.40. The van der Waals surface area contributed by atoms with Crippen LogP contribution in [0.25, 0.3) is 6.08 Å². The van der Waals surface area contributed by atoms with E-state index in [0.29, 0.717) is 38.2 Å². The van der Waals surface area contributed by atoms with Crippen molar-refractivity contribution in [3.63, 3.8) is 0 Å². The van der Waals surface area contributed by atoms with Gasteiger partial charge in [-0.05, 0) is 43.3 Å². The van der Waals surface area contributed by atoms with E-state index in [1.165, 1.54) is 12.1 Å². The van der Waals surface area contributed by atoms with Crippen molar-refractivity contribution in [2.24, 2.45) is 0 Å². The molecule has 0 N–H and O–H groups in total. The van der Waals surface area contributed by atoms with E-state index in [0.717, 1.165) is 0 Å². The SMILES string of the molecule is Cc1c(OCc2c(Cl)cccc2Cl)ccc2c1O/C(=C\c1ccccc1F)C2=O. The Morgan fingerprint density at radius 1 is 1.03 bits per heavy atom. The zero-order valence-corrected chi connectivity index (χ0v) is 16.9. The highest BCUT2D eigenvalue weighted by Gasteiger charge is 2.30. The predicted octanol–water partition coefficient (Wildman–Crippen LogP) is 6.64. The Hall–Kier alpha value is -2.82. The number of ketones is 1. The zero-order chi connectivity index (χ0) is 20.5. The van der Waals surface area contributed by atoms with E-state index < -0.39 is 5.82 Å². The third kappa shape index (κ3) is 3.74. The molecule has 1 aliphatic rings. The fourth-order valence-corrected chi connectivity index (χ4v) is 3.58. The molecule has 0 aromatic heterocycles. The van der Waals surface area contributed by atoms with Gasteiger partial charge in [0.25, 0.3) is 0 Å². The summed E-state index contributed by atoms with van der Waals surface area (Å²) in [5.74, 6) is 0.288. The molecule has 0 fully saturated rings. The summed E-state index contributed by atoms with van der Waals surface area (Å²) in [7, 11) is 0. The van der Waals surface area contributed by atoms with Gasteiger partial charge >= 0.3 is 0 Å². The molecule has 29 heavy (non-hydrogen) atoms. The molecule has 0 radical (unpaired) electrons. The number of hydrogen-bond donors (Lipinski definition) is 0. The Bertz CT molecular complexity index is 1130. The van der Waals surface area contributed by atoms with Gasteiger partial charge in [0, 0.05) is 26.7 Å². The number of carbonyl (C=O) groups excluding carboxylic acids is 1. The molecule has 1 heterocycles. The van der Waals surface area contributed by atoms with Gasteiger partial charge in [0.1, 0.15) is 23.9 Å². The molecule has 3 nitrogen and oxygen atoms in total. The van der Waals surface area contributed by atoms with Crippen molar-refractivity contribution in [3.05, 3.63) is 98.5 Å². The van der Waals surface area contributed by atoms with Crippen LogP contribution in [-0.4, -0.2) is 5.78 Å². The second-order valence-corrected chi connectivity index (χ2v) is 7.33. The minimum absolute atomic E-state index is 0.0690. The third-order valence-corrected chi connectivity index (χ3v) is 5.37. The van der Waals surface area contributed by atoms with E-state index in [2.05, 4.69) is 0 Å². The molecule has 0 atom stereocenters. The van der Waals surface area contributed by atoms with E-state index in [9.17, 15) is 9.18 Å². The first-order valence-electron chi connectivity index (χ1n) is 8.84. The average Bonchev–Trinajstić information content (AvgIpc) is 3.01. The quantitative estimate of drug-likeness (QED) is 0.437. The molecule has 0 aliphatic carbocycles. The maximum atomic E-state index is 13.9. The molecule has 1 aliphatic heterocycles. The highest BCUT2D eigenvalue weighted by Crippen LogP contribution is 2.40. The standard InChI is InChI=1S/C23H15Cl2FO3/c1-13-20(28-12-16-17(24)6-4-7-18(16)25)10-9-15-22(27)21(29-23(13)15)11-14-5-2-3-8-19(14)26/h2-11H,12H2,1H3/b21-11-. The van der Waals surface area contributed by atoms with Crippen LogP contribution in [0.4, 0.5) is 4.39 Å². The van der Waals surface area contributed by atoms with Gasteiger partial charge in [-0.2, -0.15) is 0 Å². The van der Waals surface area contributed by atoms with Crippen LogP contribution < -0.4 is 9.47 Å². The molecule has 0 bridgehead atoms. The minimum Gasteiger partial charge on any atom is -0.488 e. The highest BCUT2D eigenvalue weighted by atomic mass is 35.5. The molecular weight excluding hydrogens is 414 g/mol. The molecule has 4 rings (SSSR count). The van der Waals surface area contributed by atoms with Crippen LogP contribution in [0.2, 0.25) is 10.0 Å². The van der Waals surface area contributed by atoms with Crippen molar-refractivity contribution >= 4 is 35.1 Å². The number of carbonyl (C=O) groups is 1. The summed E-state index contributed by atoms with van der Waals surface area (Å²) in [6.45, 7) is 1.96. The lowest BCUT2D eigenvalue weighted by Crippen LogP contribution is -2.00. The molecule has 0 spiro atoms. The number of ether oxygens (including phenoxy) is 2. The molecule has 0 saturated carbocycles. The Balaban J connectivity index is 1.61. The number of hydrogen-bond acceptors (Lipinski definition) is 3. The maximum Gasteiger partial charge on any atom is 0.231 e. The molecule has 146 valence electrons. The number of rotatable bonds is 4. The summed E-state index contributed by atoms with van der Waals surface area (Å²) in [5, 5.41) is 1.02. The van der Waals surface area contributed by atoms with Gasteiger partial charge < -0.3 is 9.47 Å². The molecule has 0 amide bonds. The third-order valence-electron chi connectivity index (χ3n) is 4.66. The topological polar surface area (TPSA) is 35.5 Å². The first-order valence-corrected chi connectivity index (χ1v) is 9.59. The average molecular weight is 429 g/mol. The minimum atomic E-state index is -0.426. The van der Waals surface area contributed by atoms with Gasteiger partial charge in [-0.25, -0.2) is 4.39 Å². The first kappa shape index (κ1) is 19.5. The van der Waals surface area contributed by atoms with E-state index >= 15 is 0 Å². The van der Waals surface area contributed by atoms with Crippen LogP contribution in [0.3, 0.4) is 0 Å². The van der Waals surface area contributed by atoms with Crippen LogP contribution >= 0.6 is 23.2 Å². The van der Waals surface area contributed by atoms with Gasteiger partial charge in [0.2, 0.25) is 5.78 Å². The van der Waals surface area contributed by atoms with E-state index in [1.807, 2.05) is 0 Å². The Kier molecular flexibility index (Phi) is 5.31. The van der Waals surface area contributed by atoms with Gasteiger partial charge in [0.15, 0.2) is 5.76 Å². The highest BCUT2D eigenvalue weighted by molar-refractivity contribution is 6.35. The summed E-state index contributed by atoms with van der Waals surface area (Å²) < 4.78 is 25.6. The van der Waals surface area contributed by atoms with Crippen LogP contribution in [0, 0.1) is 12.7 Å². The van der Waals surface area contributed by atoms with Gasteiger partial charge in [-0.3, -0.25) is 4.79 Å². The fourth-order valence-electron chi connectivity index (χ4n) is 3.08. The molecule has 0 saturated heterocycles. The van der Waals surface area contributed by atoms with Crippen LogP contribution in [0.15, 0.2) is 60.4 Å². The zero-order valence-electron chi connectivity index (χ0n) is 15.3. The van der Waals surface area contributed by atoms with Gasteiger partial charge in [-0.1, -0.05) is 47.5 Å². The second-order valence-electron chi connectivity index (χ2n) is 6.52. The summed E-state index contributed by atoms with van der Waals surface area (Å²) in [4.78, 5) is 12.7. The molecule has 3 aromatic carbocycles. The summed E-state index contributed by atoms with van der Waals surface area (Å²) in [5.41, 5.74) is 2.03. The molecular formula is C23H15Cl2FO3. The first-order chi connectivity index (χ1) is 14.0. The van der Waals surface area contributed by atoms with E-state index in [4.69, 9.17) is 32.7 Å². The second kappa shape index (κ2) is 7.90. The predicted molar refractivity (Wildman–Crippen MR) is 111 cm³/mol. The van der Waals surface area contributed by atoms with E-state index in [-0.39, 0.29) is 23.7 Å². The lowest BCUT2D eigenvalue weighted by Gasteiger charge is -2.13. The maximum absolute atomic E-state index is 13.9. The smallest absolute Gasteiger partial charge is 0.231 e. The van der Waals surface area contributed by atoms with Crippen molar-refractivity contribution in [2.75, 3.05) is 0 Å².